The number of benzene rings is 2. The van der Waals surface area contributed by atoms with Crippen molar-refractivity contribution in [2.75, 3.05) is 0 Å². The minimum absolute atomic E-state index is 0.262. The van der Waals surface area contributed by atoms with E-state index in [1.807, 2.05) is 6.20 Å². The lowest BCUT2D eigenvalue weighted by Gasteiger charge is -2.04. The van der Waals surface area contributed by atoms with Crippen LogP contribution in [0.4, 0.5) is 4.39 Å². The van der Waals surface area contributed by atoms with Gasteiger partial charge in [-0.3, -0.25) is 0 Å². The first-order valence-electron chi connectivity index (χ1n) is 5.89. The third kappa shape index (κ3) is 2.55. The van der Waals surface area contributed by atoms with Gasteiger partial charge in [-0.25, -0.2) is 9.07 Å². The molecule has 0 unspecified atom stereocenters. The molecule has 2 nitrogen and oxygen atoms in total. The second-order valence-electron chi connectivity index (χ2n) is 4.28. The van der Waals surface area contributed by atoms with Crippen LogP contribution in [0.25, 0.3) is 16.8 Å². The first kappa shape index (κ1) is 13.2. The Morgan fingerprint density at radius 1 is 0.950 bits per heavy atom. The van der Waals surface area contributed by atoms with E-state index >= 15 is 0 Å². The van der Waals surface area contributed by atoms with Crippen molar-refractivity contribution in [3.63, 3.8) is 0 Å². The molecular weight excluding hydrogens is 298 g/mol. The first-order chi connectivity index (χ1) is 9.63. The molecule has 1 heterocycles. The summed E-state index contributed by atoms with van der Waals surface area (Å²) < 4.78 is 14.6. The predicted molar refractivity (Wildman–Crippen MR) is 79.0 cm³/mol. The Kier molecular flexibility index (Phi) is 3.47. The monoisotopic (exact) mass is 306 g/mol. The van der Waals surface area contributed by atoms with Crippen molar-refractivity contribution in [1.29, 1.82) is 0 Å². The smallest absolute Gasteiger partial charge is 0.123 e. The van der Waals surface area contributed by atoms with Gasteiger partial charge in [0.15, 0.2) is 0 Å². The molecule has 100 valence electrons. The average Bonchev–Trinajstić information content (AvgIpc) is 2.89. The van der Waals surface area contributed by atoms with Crippen LogP contribution in [0.3, 0.4) is 0 Å². The van der Waals surface area contributed by atoms with E-state index in [4.69, 9.17) is 23.2 Å². The molecule has 0 aliphatic rings. The van der Waals surface area contributed by atoms with Gasteiger partial charge in [0.05, 0.1) is 16.9 Å². The van der Waals surface area contributed by atoms with Crippen molar-refractivity contribution in [1.82, 2.24) is 9.78 Å². The Labute approximate surface area is 125 Å². The third-order valence-electron chi connectivity index (χ3n) is 2.92. The summed E-state index contributed by atoms with van der Waals surface area (Å²) in [6.45, 7) is 0. The van der Waals surface area contributed by atoms with Gasteiger partial charge in [0.2, 0.25) is 0 Å². The zero-order chi connectivity index (χ0) is 14.1. The Balaban J connectivity index is 1.99. The molecule has 0 fully saturated rings. The highest BCUT2D eigenvalue weighted by Gasteiger charge is 2.07. The van der Waals surface area contributed by atoms with Crippen LogP contribution in [0.15, 0.2) is 54.9 Å². The normalized spacial score (nSPS) is 10.8. The summed E-state index contributed by atoms with van der Waals surface area (Å²) in [5.41, 5.74) is 2.52. The molecule has 0 amide bonds. The fourth-order valence-corrected chi connectivity index (χ4v) is 2.41. The molecule has 0 aliphatic heterocycles. The van der Waals surface area contributed by atoms with Crippen LogP contribution in [0.5, 0.6) is 0 Å². The van der Waals surface area contributed by atoms with E-state index < -0.39 is 0 Å². The van der Waals surface area contributed by atoms with Crippen LogP contribution in [0.2, 0.25) is 10.0 Å². The molecule has 0 aliphatic carbocycles. The van der Waals surface area contributed by atoms with Crippen molar-refractivity contribution in [2.45, 2.75) is 0 Å². The molecule has 2 aromatic carbocycles. The number of hydrogen-bond donors (Lipinski definition) is 0. The van der Waals surface area contributed by atoms with Crippen molar-refractivity contribution < 1.29 is 4.39 Å². The second kappa shape index (κ2) is 5.27. The molecule has 0 bridgehead atoms. The molecule has 0 atom stereocenters. The summed E-state index contributed by atoms with van der Waals surface area (Å²) in [5, 5.41) is 5.36. The van der Waals surface area contributed by atoms with Crippen LogP contribution in [-0.2, 0) is 0 Å². The van der Waals surface area contributed by atoms with Crippen molar-refractivity contribution in [3.05, 3.63) is 70.7 Å². The van der Waals surface area contributed by atoms with E-state index in [1.165, 1.54) is 12.1 Å². The summed E-state index contributed by atoms with van der Waals surface area (Å²) in [6.07, 6.45) is 3.54. The fourth-order valence-electron chi connectivity index (χ4n) is 1.91. The molecule has 0 spiro atoms. The summed E-state index contributed by atoms with van der Waals surface area (Å²) in [4.78, 5) is 0. The Bertz CT molecular complexity index is 751. The summed E-state index contributed by atoms with van der Waals surface area (Å²) in [7, 11) is 0. The quantitative estimate of drug-likeness (QED) is 0.652. The third-order valence-corrected chi connectivity index (χ3v) is 3.45. The predicted octanol–water partition coefficient (Wildman–Crippen LogP) is 4.99. The van der Waals surface area contributed by atoms with Gasteiger partial charge in [0.1, 0.15) is 5.82 Å². The maximum absolute atomic E-state index is 12.9. The fraction of sp³-hybridized carbons (Fsp3) is 0. The molecule has 0 radical (unpaired) electrons. The second-order valence-corrected chi connectivity index (χ2v) is 5.12. The van der Waals surface area contributed by atoms with Crippen LogP contribution in [0, 0.1) is 5.82 Å². The van der Waals surface area contributed by atoms with Crippen molar-refractivity contribution in [3.8, 4) is 16.8 Å². The summed E-state index contributed by atoms with van der Waals surface area (Å²) >= 11 is 12.0. The number of aromatic nitrogens is 2. The number of halogens is 3. The Hall–Kier alpha value is -1.84. The SMILES string of the molecule is Fc1ccc(-c2cnn(-c3ccc(Cl)cc3Cl)c2)cc1. The first-order valence-corrected chi connectivity index (χ1v) is 6.65. The highest BCUT2D eigenvalue weighted by Crippen LogP contribution is 2.26. The van der Waals surface area contributed by atoms with Crippen molar-refractivity contribution >= 4 is 23.2 Å². The van der Waals surface area contributed by atoms with Gasteiger partial charge >= 0.3 is 0 Å². The summed E-state index contributed by atoms with van der Waals surface area (Å²) in [5.74, 6) is -0.262. The molecule has 5 heteroatoms. The molecule has 3 aromatic rings. The van der Waals surface area contributed by atoms with E-state index in [-0.39, 0.29) is 5.82 Å². The van der Waals surface area contributed by atoms with E-state index in [1.54, 1.807) is 41.2 Å². The van der Waals surface area contributed by atoms with Crippen LogP contribution in [-0.4, -0.2) is 9.78 Å². The maximum atomic E-state index is 12.9. The van der Waals surface area contributed by atoms with Gasteiger partial charge < -0.3 is 0 Å². The van der Waals surface area contributed by atoms with E-state index in [0.717, 1.165) is 16.8 Å². The minimum Gasteiger partial charge on any atom is -0.239 e. The maximum Gasteiger partial charge on any atom is 0.123 e. The highest BCUT2D eigenvalue weighted by atomic mass is 35.5. The van der Waals surface area contributed by atoms with E-state index in [9.17, 15) is 4.39 Å². The minimum atomic E-state index is -0.262. The molecule has 3 rings (SSSR count). The topological polar surface area (TPSA) is 17.8 Å². The molecule has 0 N–H and O–H groups in total. The lowest BCUT2D eigenvalue weighted by atomic mass is 10.1. The summed E-state index contributed by atoms with van der Waals surface area (Å²) in [6, 6.07) is 11.5. The van der Waals surface area contributed by atoms with E-state index in [2.05, 4.69) is 5.10 Å². The van der Waals surface area contributed by atoms with E-state index in [0.29, 0.717) is 10.0 Å². The molecule has 1 aromatic heterocycles. The Morgan fingerprint density at radius 3 is 2.40 bits per heavy atom. The average molecular weight is 307 g/mol. The molecular formula is C15H9Cl2FN2. The largest absolute Gasteiger partial charge is 0.239 e. The highest BCUT2D eigenvalue weighted by molar-refractivity contribution is 6.35. The van der Waals surface area contributed by atoms with Gasteiger partial charge in [-0.2, -0.15) is 5.10 Å². The lowest BCUT2D eigenvalue weighted by Crippen LogP contribution is -1.94. The Morgan fingerprint density at radius 2 is 1.70 bits per heavy atom. The molecule has 0 saturated carbocycles. The van der Waals surface area contributed by atoms with Gasteiger partial charge in [-0.05, 0) is 35.9 Å². The lowest BCUT2D eigenvalue weighted by molar-refractivity contribution is 0.628. The molecule has 0 saturated heterocycles. The van der Waals surface area contributed by atoms with Crippen LogP contribution >= 0.6 is 23.2 Å². The van der Waals surface area contributed by atoms with Crippen LogP contribution in [0.1, 0.15) is 0 Å². The van der Waals surface area contributed by atoms with Gasteiger partial charge in [0, 0.05) is 16.8 Å². The zero-order valence-electron chi connectivity index (χ0n) is 10.2. The van der Waals surface area contributed by atoms with Gasteiger partial charge in [0.25, 0.3) is 0 Å². The van der Waals surface area contributed by atoms with Gasteiger partial charge in [-0.1, -0.05) is 35.3 Å². The number of hydrogen-bond acceptors (Lipinski definition) is 1. The number of rotatable bonds is 2. The zero-order valence-corrected chi connectivity index (χ0v) is 11.7. The standard InChI is InChI=1S/C15H9Cl2FN2/c16-12-3-6-15(14(17)7-12)20-9-11(8-19-20)10-1-4-13(18)5-2-10/h1-9H. The molecule has 20 heavy (non-hydrogen) atoms. The van der Waals surface area contributed by atoms with Crippen molar-refractivity contribution in [2.24, 2.45) is 0 Å². The van der Waals surface area contributed by atoms with Crippen LogP contribution < -0.4 is 0 Å². The number of nitrogens with zero attached hydrogens (tertiary/aromatic N) is 2. The van der Waals surface area contributed by atoms with Gasteiger partial charge in [-0.15, -0.1) is 0 Å².